The zero-order valence-corrected chi connectivity index (χ0v) is 16.4. The smallest absolute Gasteiger partial charge is 0.226 e. The van der Waals surface area contributed by atoms with Crippen molar-refractivity contribution in [3.63, 3.8) is 0 Å². The number of ether oxygens (including phenoxy) is 2. The highest BCUT2D eigenvalue weighted by Crippen LogP contribution is 2.44. The van der Waals surface area contributed by atoms with E-state index in [4.69, 9.17) is 9.47 Å². The number of aromatic nitrogens is 2. The summed E-state index contributed by atoms with van der Waals surface area (Å²) in [5.41, 5.74) is 5.14. The predicted octanol–water partition coefficient (Wildman–Crippen LogP) is 3.98. The average Bonchev–Trinajstić information content (AvgIpc) is 3.12. The monoisotopic (exact) mass is 377 g/mol. The fourth-order valence-electron chi connectivity index (χ4n) is 3.83. The van der Waals surface area contributed by atoms with E-state index in [2.05, 4.69) is 30.3 Å². The van der Waals surface area contributed by atoms with Crippen LogP contribution in [-0.2, 0) is 4.79 Å². The first-order valence-corrected chi connectivity index (χ1v) is 9.20. The zero-order chi connectivity index (χ0) is 19.8. The van der Waals surface area contributed by atoms with E-state index in [0.29, 0.717) is 23.7 Å². The first-order valence-electron chi connectivity index (χ1n) is 9.20. The van der Waals surface area contributed by atoms with Crippen molar-refractivity contribution in [2.45, 2.75) is 26.2 Å². The lowest BCUT2D eigenvalue weighted by Crippen LogP contribution is -2.25. The molecule has 3 aromatic rings. The lowest BCUT2D eigenvalue weighted by Gasteiger charge is -2.26. The van der Waals surface area contributed by atoms with Gasteiger partial charge in [-0.25, -0.2) is 4.68 Å². The molecule has 2 aromatic carbocycles. The van der Waals surface area contributed by atoms with Crippen LogP contribution in [0.3, 0.4) is 0 Å². The molecule has 6 nitrogen and oxygen atoms in total. The largest absolute Gasteiger partial charge is 0.493 e. The van der Waals surface area contributed by atoms with Crippen molar-refractivity contribution in [1.82, 2.24) is 9.78 Å². The molecule has 0 saturated carbocycles. The standard InChI is InChI=1S/C22H23N3O3/c1-13-7-5-9-18(14(13)2)25-22-17(12-23-25)16(11-20(26)24-22)15-8-6-10-19(27-3)21(15)28-4/h5-10,12,16H,11H2,1-4H3,(H,24,26). The van der Waals surface area contributed by atoms with Gasteiger partial charge in [0.1, 0.15) is 5.82 Å². The van der Waals surface area contributed by atoms with Crippen LogP contribution in [0.2, 0.25) is 0 Å². The number of para-hydroxylation sites is 1. The predicted molar refractivity (Wildman–Crippen MR) is 108 cm³/mol. The molecule has 4 rings (SSSR count). The maximum Gasteiger partial charge on any atom is 0.226 e. The summed E-state index contributed by atoms with van der Waals surface area (Å²) in [6, 6.07) is 11.8. The number of nitrogens with zero attached hydrogens (tertiary/aromatic N) is 2. The fourth-order valence-corrected chi connectivity index (χ4v) is 3.83. The molecule has 0 radical (unpaired) electrons. The van der Waals surface area contributed by atoms with E-state index < -0.39 is 0 Å². The molecule has 2 heterocycles. The summed E-state index contributed by atoms with van der Waals surface area (Å²) in [5, 5.41) is 7.62. The number of rotatable bonds is 4. The minimum absolute atomic E-state index is 0.0468. The van der Waals surface area contributed by atoms with Crippen LogP contribution in [-0.4, -0.2) is 29.9 Å². The van der Waals surface area contributed by atoms with Gasteiger partial charge in [-0.3, -0.25) is 4.79 Å². The summed E-state index contributed by atoms with van der Waals surface area (Å²) in [7, 11) is 3.23. The number of anilines is 1. The molecule has 1 amide bonds. The lowest BCUT2D eigenvalue weighted by molar-refractivity contribution is -0.116. The summed E-state index contributed by atoms with van der Waals surface area (Å²) < 4.78 is 12.9. The Bertz CT molecular complexity index is 1060. The molecule has 1 atom stereocenters. The van der Waals surface area contributed by atoms with Gasteiger partial charge in [0.05, 0.1) is 26.1 Å². The van der Waals surface area contributed by atoms with Gasteiger partial charge in [-0.15, -0.1) is 0 Å². The number of fused-ring (bicyclic) bond motifs is 1. The van der Waals surface area contributed by atoms with Crippen LogP contribution in [0.25, 0.3) is 5.69 Å². The van der Waals surface area contributed by atoms with Gasteiger partial charge in [-0.05, 0) is 37.1 Å². The summed E-state index contributed by atoms with van der Waals surface area (Å²) in [4.78, 5) is 12.6. The van der Waals surface area contributed by atoms with Crippen molar-refractivity contribution in [3.05, 3.63) is 64.8 Å². The Morgan fingerprint density at radius 2 is 1.86 bits per heavy atom. The first-order chi connectivity index (χ1) is 13.5. The molecule has 1 aliphatic heterocycles. The Labute approximate surface area is 164 Å². The Balaban J connectivity index is 1.88. The summed E-state index contributed by atoms with van der Waals surface area (Å²) in [6.07, 6.45) is 2.16. The van der Waals surface area contributed by atoms with Crippen molar-refractivity contribution in [3.8, 4) is 17.2 Å². The number of carbonyl (C=O) groups is 1. The van der Waals surface area contributed by atoms with Crippen molar-refractivity contribution in [2.24, 2.45) is 0 Å². The lowest BCUT2D eigenvalue weighted by atomic mass is 9.86. The SMILES string of the molecule is COc1cccc(C2CC(=O)Nc3c2cnn3-c2cccc(C)c2C)c1OC. The number of amides is 1. The summed E-state index contributed by atoms with van der Waals surface area (Å²) in [5.74, 6) is 1.80. The third kappa shape index (κ3) is 2.81. The van der Waals surface area contributed by atoms with Gasteiger partial charge >= 0.3 is 0 Å². The topological polar surface area (TPSA) is 65.4 Å². The minimum Gasteiger partial charge on any atom is -0.493 e. The molecule has 6 heteroatoms. The molecule has 0 spiro atoms. The normalized spacial score (nSPS) is 15.7. The van der Waals surface area contributed by atoms with Crippen molar-refractivity contribution in [1.29, 1.82) is 0 Å². The van der Waals surface area contributed by atoms with Crippen molar-refractivity contribution < 1.29 is 14.3 Å². The molecule has 0 fully saturated rings. The van der Waals surface area contributed by atoms with Gasteiger partial charge in [0.2, 0.25) is 5.91 Å². The van der Waals surface area contributed by atoms with Gasteiger partial charge < -0.3 is 14.8 Å². The zero-order valence-electron chi connectivity index (χ0n) is 16.4. The van der Waals surface area contributed by atoms with E-state index in [1.54, 1.807) is 14.2 Å². The second kappa shape index (κ2) is 7.03. The molecule has 0 saturated heterocycles. The van der Waals surface area contributed by atoms with Crippen LogP contribution >= 0.6 is 0 Å². The Morgan fingerprint density at radius 3 is 2.61 bits per heavy atom. The molecule has 0 aliphatic carbocycles. The van der Waals surface area contributed by atoms with E-state index >= 15 is 0 Å². The highest BCUT2D eigenvalue weighted by Gasteiger charge is 2.33. The molecule has 1 aliphatic rings. The minimum atomic E-state index is -0.160. The number of hydrogen-bond donors (Lipinski definition) is 1. The van der Waals surface area contributed by atoms with E-state index in [9.17, 15) is 4.79 Å². The molecule has 28 heavy (non-hydrogen) atoms. The quantitative estimate of drug-likeness (QED) is 0.747. The highest BCUT2D eigenvalue weighted by molar-refractivity contribution is 5.95. The van der Waals surface area contributed by atoms with E-state index in [1.807, 2.05) is 41.2 Å². The van der Waals surface area contributed by atoms with Crippen molar-refractivity contribution >= 4 is 11.7 Å². The third-order valence-electron chi connectivity index (χ3n) is 5.43. The van der Waals surface area contributed by atoms with Crippen LogP contribution in [0.4, 0.5) is 5.82 Å². The molecule has 144 valence electrons. The van der Waals surface area contributed by atoms with Gasteiger partial charge in [-0.1, -0.05) is 24.3 Å². The summed E-state index contributed by atoms with van der Waals surface area (Å²) >= 11 is 0. The van der Waals surface area contributed by atoms with E-state index in [-0.39, 0.29) is 11.8 Å². The number of aryl methyl sites for hydroxylation is 1. The van der Waals surface area contributed by atoms with E-state index in [0.717, 1.165) is 22.4 Å². The van der Waals surface area contributed by atoms with Crippen molar-refractivity contribution in [2.75, 3.05) is 19.5 Å². The molecular weight excluding hydrogens is 354 g/mol. The molecular formula is C22H23N3O3. The Morgan fingerprint density at radius 1 is 1.07 bits per heavy atom. The summed E-state index contributed by atoms with van der Waals surface area (Å²) in [6.45, 7) is 4.13. The fraction of sp³-hybridized carbons (Fsp3) is 0.273. The maximum absolute atomic E-state index is 12.6. The highest BCUT2D eigenvalue weighted by atomic mass is 16.5. The second-order valence-electron chi connectivity index (χ2n) is 6.97. The number of hydrogen-bond acceptors (Lipinski definition) is 4. The number of methoxy groups -OCH3 is 2. The van der Waals surface area contributed by atoms with Gasteiger partial charge in [0.25, 0.3) is 0 Å². The number of nitrogens with one attached hydrogen (secondary N) is 1. The van der Waals surface area contributed by atoms with Crippen LogP contribution in [0.15, 0.2) is 42.6 Å². The van der Waals surface area contributed by atoms with Gasteiger partial charge in [0, 0.05) is 23.5 Å². The molecule has 0 bridgehead atoms. The Hall–Kier alpha value is -3.28. The van der Waals surface area contributed by atoms with Crippen LogP contribution in [0.1, 0.15) is 34.6 Å². The number of carbonyl (C=O) groups excluding carboxylic acids is 1. The van der Waals surface area contributed by atoms with Gasteiger partial charge in [-0.2, -0.15) is 5.10 Å². The average molecular weight is 377 g/mol. The first kappa shape index (κ1) is 18.1. The molecule has 1 N–H and O–H groups in total. The maximum atomic E-state index is 12.6. The van der Waals surface area contributed by atoms with Crippen LogP contribution < -0.4 is 14.8 Å². The second-order valence-corrected chi connectivity index (χ2v) is 6.97. The van der Waals surface area contributed by atoms with Gasteiger partial charge in [0.15, 0.2) is 11.5 Å². The Kier molecular flexibility index (Phi) is 4.55. The molecule has 1 aromatic heterocycles. The van der Waals surface area contributed by atoms with Crippen LogP contribution in [0.5, 0.6) is 11.5 Å². The molecule has 1 unspecified atom stereocenters. The third-order valence-corrected chi connectivity index (χ3v) is 5.43. The number of benzene rings is 2. The van der Waals surface area contributed by atoms with E-state index in [1.165, 1.54) is 5.56 Å². The van der Waals surface area contributed by atoms with Crippen LogP contribution in [0, 0.1) is 13.8 Å².